The second kappa shape index (κ2) is 4.74. The van der Waals surface area contributed by atoms with Gasteiger partial charge < -0.3 is 5.11 Å². The Bertz CT molecular complexity index is 637. The molecule has 1 aromatic carbocycles. The van der Waals surface area contributed by atoms with Gasteiger partial charge in [0.05, 0.1) is 0 Å². The van der Waals surface area contributed by atoms with Crippen molar-refractivity contribution in [1.29, 1.82) is 0 Å². The average molecular weight is 251 g/mol. The molecule has 1 heterocycles. The minimum Gasteiger partial charge on any atom is -0.364 e. The van der Waals surface area contributed by atoms with Crippen LogP contribution in [0.15, 0.2) is 65.0 Å². The molecule has 1 N–H and O–H groups in total. The summed E-state index contributed by atoms with van der Waals surface area (Å²) in [4.78, 5) is 4.06. The minimum absolute atomic E-state index is 0.417. The predicted octanol–water partition coefficient (Wildman–Crippen LogP) is 3.43. The third-order valence-corrected chi connectivity index (χ3v) is 3.06. The van der Waals surface area contributed by atoms with E-state index in [4.69, 9.17) is 0 Å². The van der Waals surface area contributed by atoms with Gasteiger partial charge in [-0.05, 0) is 17.7 Å². The van der Waals surface area contributed by atoms with Gasteiger partial charge in [0.25, 0.3) is 0 Å². The van der Waals surface area contributed by atoms with Gasteiger partial charge in [-0.25, -0.2) is 4.98 Å². The number of azo groups is 1. The number of rotatable bonds is 2. The van der Waals surface area contributed by atoms with E-state index in [2.05, 4.69) is 15.2 Å². The molecule has 1 atom stereocenters. The monoisotopic (exact) mass is 251 g/mol. The number of nitrogens with zero attached hydrogens (tertiary/aromatic N) is 3. The van der Waals surface area contributed by atoms with E-state index < -0.39 is 5.72 Å². The summed E-state index contributed by atoms with van der Waals surface area (Å²) in [6, 6.07) is 13.0. The summed E-state index contributed by atoms with van der Waals surface area (Å²) in [6.45, 7) is 0. The summed E-state index contributed by atoms with van der Waals surface area (Å²) in [5.74, 6) is 0.489. The average Bonchev–Trinajstić information content (AvgIpc) is 2.47. The Hall–Kier alpha value is -2.33. The highest BCUT2D eigenvalue weighted by molar-refractivity contribution is 5.58. The number of fused-ring (bicyclic) bond motifs is 1. The van der Waals surface area contributed by atoms with Gasteiger partial charge in [-0.3, -0.25) is 0 Å². The molecule has 0 fully saturated rings. The Morgan fingerprint density at radius 1 is 1.11 bits per heavy atom. The summed E-state index contributed by atoms with van der Waals surface area (Å²) in [6.07, 6.45) is 5.95. The summed E-state index contributed by atoms with van der Waals surface area (Å²) in [5, 5.41) is 18.8. The molecule has 0 amide bonds. The molecule has 4 nitrogen and oxygen atoms in total. The van der Waals surface area contributed by atoms with E-state index in [-0.39, 0.29) is 0 Å². The molecule has 1 aromatic heterocycles. The molecule has 1 aliphatic rings. The lowest BCUT2D eigenvalue weighted by Gasteiger charge is -2.26. The molecule has 1 unspecified atom stereocenters. The van der Waals surface area contributed by atoms with Crippen LogP contribution < -0.4 is 0 Å². The standard InChI is InChI=1S/C15H13N3O/c19-15(18-17-14-9-3-4-11-16-14)10-5-7-12-6-1-2-8-13(12)15/h1-9,11,19H,10H2/b18-17+. The van der Waals surface area contributed by atoms with E-state index in [1.54, 1.807) is 12.3 Å². The van der Waals surface area contributed by atoms with E-state index >= 15 is 0 Å². The second-order valence-electron chi connectivity index (χ2n) is 4.40. The molecule has 94 valence electrons. The fraction of sp³-hybridized carbons (Fsp3) is 0.133. The van der Waals surface area contributed by atoms with Crippen molar-refractivity contribution >= 4 is 11.9 Å². The highest BCUT2D eigenvalue weighted by Gasteiger charge is 2.32. The Kier molecular flexibility index (Phi) is 2.93. The van der Waals surface area contributed by atoms with E-state index in [9.17, 15) is 5.11 Å². The SMILES string of the molecule is OC1(/N=N/c2ccccn2)CC=Cc2ccccc21. The van der Waals surface area contributed by atoms with E-state index in [0.29, 0.717) is 12.2 Å². The minimum atomic E-state index is -1.30. The van der Waals surface area contributed by atoms with Crippen molar-refractivity contribution in [2.75, 3.05) is 0 Å². The third kappa shape index (κ3) is 2.30. The fourth-order valence-electron chi connectivity index (χ4n) is 2.11. The Labute approximate surface area is 111 Å². The molecule has 2 aromatic rings. The Balaban J connectivity index is 1.96. The highest BCUT2D eigenvalue weighted by atomic mass is 16.3. The van der Waals surface area contributed by atoms with Crippen molar-refractivity contribution in [2.45, 2.75) is 12.1 Å². The smallest absolute Gasteiger partial charge is 0.206 e. The van der Waals surface area contributed by atoms with E-state index in [1.165, 1.54) is 0 Å². The number of aromatic nitrogens is 1. The van der Waals surface area contributed by atoms with E-state index in [1.807, 2.05) is 48.6 Å². The van der Waals surface area contributed by atoms with Crippen LogP contribution in [-0.4, -0.2) is 10.1 Å². The first-order valence-corrected chi connectivity index (χ1v) is 6.10. The molecule has 1 aliphatic carbocycles. The molecule has 0 spiro atoms. The van der Waals surface area contributed by atoms with Crippen molar-refractivity contribution in [3.8, 4) is 0 Å². The predicted molar refractivity (Wildman–Crippen MR) is 72.7 cm³/mol. The summed E-state index contributed by atoms with van der Waals surface area (Å²) in [5.41, 5.74) is 0.441. The maximum absolute atomic E-state index is 10.6. The normalized spacial score (nSPS) is 21.5. The molecular formula is C15H13N3O. The van der Waals surface area contributed by atoms with Crippen LogP contribution >= 0.6 is 0 Å². The third-order valence-electron chi connectivity index (χ3n) is 3.06. The summed E-state index contributed by atoms with van der Waals surface area (Å²) in [7, 11) is 0. The topological polar surface area (TPSA) is 57.8 Å². The molecule has 0 radical (unpaired) electrons. The molecule has 19 heavy (non-hydrogen) atoms. The fourth-order valence-corrected chi connectivity index (χ4v) is 2.11. The van der Waals surface area contributed by atoms with Crippen LogP contribution in [0.25, 0.3) is 6.08 Å². The number of hydrogen-bond acceptors (Lipinski definition) is 4. The Morgan fingerprint density at radius 3 is 2.79 bits per heavy atom. The summed E-state index contributed by atoms with van der Waals surface area (Å²) < 4.78 is 0. The molecule has 0 aliphatic heterocycles. The lowest BCUT2D eigenvalue weighted by molar-refractivity contribution is 0.0408. The zero-order chi connectivity index (χ0) is 13.1. The lowest BCUT2D eigenvalue weighted by Crippen LogP contribution is -2.24. The molecule has 3 rings (SSSR count). The first-order valence-electron chi connectivity index (χ1n) is 6.10. The molecule has 0 saturated carbocycles. The van der Waals surface area contributed by atoms with Gasteiger partial charge >= 0.3 is 0 Å². The second-order valence-corrected chi connectivity index (χ2v) is 4.40. The number of aliphatic hydroxyl groups is 1. The number of hydrogen-bond donors (Lipinski definition) is 1. The van der Waals surface area contributed by atoms with Crippen molar-refractivity contribution in [3.05, 3.63) is 65.9 Å². The van der Waals surface area contributed by atoms with Crippen LogP contribution in [-0.2, 0) is 5.72 Å². The zero-order valence-electron chi connectivity index (χ0n) is 10.3. The van der Waals surface area contributed by atoms with Gasteiger partial charge in [0, 0.05) is 18.2 Å². The Morgan fingerprint density at radius 2 is 1.95 bits per heavy atom. The van der Waals surface area contributed by atoms with Crippen molar-refractivity contribution in [3.63, 3.8) is 0 Å². The van der Waals surface area contributed by atoms with Crippen molar-refractivity contribution in [2.24, 2.45) is 10.2 Å². The van der Waals surface area contributed by atoms with Crippen LogP contribution in [0, 0.1) is 0 Å². The first-order chi connectivity index (χ1) is 9.28. The van der Waals surface area contributed by atoms with Crippen LogP contribution in [0.3, 0.4) is 0 Å². The molecular weight excluding hydrogens is 238 g/mol. The van der Waals surface area contributed by atoms with Gasteiger partial charge in [0.2, 0.25) is 5.72 Å². The molecule has 4 heteroatoms. The zero-order valence-corrected chi connectivity index (χ0v) is 10.3. The first kappa shape index (κ1) is 11.7. The van der Waals surface area contributed by atoms with Gasteiger partial charge in [0.1, 0.15) is 0 Å². The maximum Gasteiger partial charge on any atom is 0.206 e. The summed E-state index contributed by atoms with van der Waals surface area (Å²) >= 11 is 0. The van der Waals surface area contributed by atoms with Gasteiger partial charge in [-0.2, -0.15) is 0 Å². The van der Waals surface area contributed by atoms with Crippen molar-refractivity contribution in [1.82, 2.24) is 4.98 Å². The van der Waals surface area contributed by atoms with E-state index in [0.717, 1.165) is 11.1 Å². The van der Waals surface area contributed by atoms with Crippen LogP contribution in [0.4, 0.5) is 5.82 Å². The number of pyridine rings is 1. The van der Waals surface area contributed by atoms with Crippen LogP contribution in [0.5, 0.6) is 0 Å². The quantitative estimate of drug-likeness (QED) is 0.831. The van der Waals surface area contributed by atoms with Crippen LogP contribution in [0.2, 0.25) is 0 Å². The van der Waals surface area contributed by atoms with Gasteiger partial charge in [-0.1, -0.05) is 42.5 Å². The molecule has 0 bridgehead atoms. The highest BCUT2D eigenvalue weighted by Crippen LogP contribution is 2.35. The molecule has 0 saturated heterocycles. The lowest BCUT2D eigenvalue weighted by atomic mass is 9.90. The van der Waals surface area contributed by atoms with Crippen molar-refractivity contribution < 1.29 is 5.11 Å². The largest absolute Gasteiger partial charge is 0.364 e. The van der Waals surface area contributed by atoms with Gasteiger partial charge in [0.15, 0.2) is 5.82 Å². The van der Waals surface area contributed by atoms with Gasteiger partial charge in [-0.15, -0.1) is 10.2 Å². The van der Waals surface area contributed by atoms with Crippen LogP contribution in [0.1, 0.15) is 17.5 Å². The maximum atomic E-state index is 10.6. The number of benzene rings is 1.